The molecular formula is C6H6ClF3O. The predicted molar refractivity (Wildman–Crippen MR) is 33.1 cm³/mol. The highest BCUT2D eigenvalue weighted by Gasteiger charge is 2.73. The molecule has 0 radical (unpaired) electrons. The molecule has 0 aromatic rings. The van der Waals surface area contributed by atoms with Crippen molar-refractivity contribution in [3.63, 3.8) is 0 Å². The third-order valence-electron chi connectivity index (χ3n) is 2.17. The third-order valence-corrected chi connectivity index (χ3v) is 2.50. The molecule has 64 valence electrons. The molecule has 1 aliphatic carbocycles. The number of hydrogen-bond donors (Lipinski definition) is 0. The van der Waals surface area contributed by atoms with Gasteiger partial charge in [0.25, 0.3) is 0 Å². The molecule has 2 unspecified atom stereocenters. The van der Waals surface area contributed by atoms with Crippen LogP contribution in [-0.2, 0) is 4.79 Å². The van der Waals surface area contributed by atoms with E-state index in [4.69, 9.17) is 11.6 Å². The van der Waals surface area contributed by atoms with Crippen molar-refractivity contribution in [2.75, 3.05) is 0 Å². The summed E-state index contributed by atoms with van der Waals surface area (Å²) in [7, 11) is 0. The zero-order chi connectivity index (χ0) is 8.86. The fourth-order valence-electron chi connectivity index (χ4n) is 1.20. The Morgan fingerprint density at radius 3 is 2.00 bits per heavy atom. The summed E-state index contributed by atoms with van der Waals surface area (Å²) in [6.45, 7) is 1.37. The summed E-state index contributed by atoms with van der Waals surface area (Å²) in [4.78, 5) is 10.4. The average molecular weight is 187 g/mol. The summed E-state index contributed by atoms with van der Waals surface area (Å²) in [5.41, 5.74) is -2.23. The SMILES string of the molecule is CC1CC1(C(=O)Cl)C(F)(F)F. The van der Waals surface area contributed by atoms with Crippen LogP contribution >= 0.6 is 11.6 Å². The van der Waals surface area contributed by atoms with Crippen LogP contribution < -0.4 is 0 Å². The first-order chi connectivity index (χ1) is 4.82. The highest BCUT2D eigenvalue weighted by Crippen LogP contribution is 2.63. The Morgan fingerprint density at radius 1 is 1.64 bits per heavy atom. The standard InChI is InChI=1S/C6H6ClF3O/c1-3-2-5(3,4(7)11)6(8,9)10/h3H,2H2,1H3. The molecule has 1 nitrogen and oxygen atoms in total. The van der Waals surface area contributed by atoms with Crippen LogP contribution in [0.2, 0.25) is 0 Å². The second-order valence-corrected chi connectivity index (χ2v) is 3.19. The van der Waals surface area contributed by atoms with E-state index in [0.717, 1.165) is 0 Å². The number of carbonyl (C=O) groups excluding carboxylic acids is 1. The molecule has 1 aliphatic rings. The van der Waals surface area contributed by atoms with Crippen LogP contribution in [0.4, 0.5) is 13.2 Å². The van der Waals surface area contributed by atoms with Crippen molar-refractivity contribution in [2.24, 2.45) is 11.3 Å². The van der Waals surface area contributed by atoms with Gasteiger partial charge >= 0.3 is 6.18 Å². The Morgan fingerprint density at radius 2 is 2.00 bits per heavy atom. The molecule has 0 saturated heterocycles. The van der Waals surface area contributed by atoms with Crippen LogP contribution in [0, 0.1) is 11.3 Å². The Kier molecular flexibility index (Phi) is 1.71. The molecular weight excluding hydrogens is 181 g/mol. The van der Waals surface area contributed by atoms with E-state index in [9.17, 15) is 18.0 Å². The summed E-state index contributed by atoms with van der Waals surface area (Å²) in [5, 5.41) is -1.28. The van der Waals surface area contributed by atoms with Crippen molar-refractivity contribution >= 4 is 16.8 Å². The molecule has 0 amide bonds. The number of alkyl halides is 3. The van der Waals surface area contributed by atoms with E-state index in [1.54, 1.807) is 0 Å². The van der Waals surface area contributed by atoms with Gasteiger partial charge in [-0.3, -0.25) is 4.79 Å². The van der Waals surface area contributed by atoms with Gasteiger partial charge in [0, 0.05) is 0 Å². The maximum atomic E-state index is 12.1. The first-order valence-electron chi connectivity index (χ1n) is 3.09. The van der Waals surface area contributed by atoms with Gasteiger partial charge in [0.2, 0.25) is 5.24 Å². The van der Waals surface area contributed by atoms with Gasteiger partial charge in [-0.25, -0.2) is 0 Å². The number of carbonyl (C=O) groups is 1. The quantitative estimate of drug-likeness (QED) is 0.575. The first kappa shape index (κ1) is 8.84. The number of hydrogen-bond acceptors (Lipinski definition) is 1. The fourth-order valence-corrected chi connectivity index (χ4v) is 1.58. The van der Waals surface area contributed by atoms with Crippen molar-refractivity contribution in [1.29, 1.82) is 0 Å². The smallest absolute Gasteiger partial charge is 0.280 e. The molecule has 5 heteroatoms. The van der Waals surface area contributed by atoms with Crippen molar-refractivity contribution in [2.45, 2.75) is 19.5 Å². The lowest BCUT2D eigenvalue weighted by molar-refractivity contribution is -0.189. The maximum absolute atomic E-state index is 12.1. The van der Waals surface area contributed by atoms with Gasteiger partial charge in [0.05, 0.1) is 0 Å². The Labute approximate surface area is 66.5 Å². The van der Waals surface area contributed by atoms with Gasteiger partial charge in [-0.2, -0.15) is 13.2 Å². The van der Waals surface area contributed by atoms with E-state index in [0.29, 0.717) is 0 Å². The van der Waals surface area contributed by atoms with Crippen LogP contribution in [0.1, 0.15) is 13.3 Å². The van der Waals surface area contributed by atoms with E-state index in [1.807, 2.05) is 0 Å². The normalized spacial score (nSPS) is 37.0. The van der Waals surface area contributed by atoms with Crippen LogP contribution in [0.5, 0.6) is 0 Å². The summed E-state index contributed by atoms with van der Waals surface area (Å²) in [6, 6.07) is 0. The van der Waals surface area contributed by atoms with Crippen LogP contribution in [0.25, 0.3) is 0 Å². The van der Waals surface area contributed by atoms with Crippen molar-refractivity contribution in [3.8, 4) is 0 Å². The fraction of sp³-hybridized carbons (Fsp3) is 0.833. The van der Waals surface area contributed by atoms with Gasteiger partial charge in [0.1, 0.15) is 5.41 Å². The molecule has 11 heavy (non-hydrogen) atoms. The summed E-state index contributed by atoms with van der Waals surface area (Å²) in [5.74, 6) is -0.660. The Balaban J connectivity index is 2.89. The molecule has 1 saturated carbocycles. The maximum Gasteiger partial charge on any atom is 0.402 e. The third kappa shape index (κ3) is 1.04. The Bertz CT molecular complexity index is 200. The van der Waals surface area contributed by atoms with Gasteiger partial charge in [0.15, 0.2) is 0 Å². The van der Waals surface area contributed by atoms with Crippen LogP contribution in [0.15, 0.2) is 0 Å². The minimum atomic E-state index is -4.48. The van der Waals surface area contributed by atoms with Crippen molar-refractivity contribution in [1.82, 2.24) is 0 Å². The summed E-state index contributed by atoms with van der Waals surface area (Å²) in [6.07, 6.45) is -4.65. The van der Waals surface area contributed by atoms with Crippen LogP contribution in [-0.4, -0.2) is 11.4 Å². The number of rotatable bonds is 1. The molecule has 1 fully saturated rings. The topological polar surface area (TPSA) is 17.1 Å². The lowest BCUT2D eigenvalue weighted by Gasteiger charge is -2.14. The van der Waals surface area contributed by atoms with E-state index in [1.165, 1.54) is 6.92 Å². The van der Waals surface area contributed by atoms with E-state index in [2.05, 4.69) is 0 Å². The van der Waals surface area contributed by atoms with Crippen molar-refractivity contribution in [3.05, 3.63) is 0 Å². The predicted octanol–water partition coefficient (Wildman–Crippen LogP) is 2.34. The van der Waals surface area contributed by atoms with Gasteiger partial charge < -0.3 is 0 Å². The lowest BCUT2D eigenvalue weighted by atomic mass is 10.1. The molecule has 0 aliphatic heterocycles. The summed E-state index contributed by atoms with van der Waals surface area (Å²) < 4.78 is 36.3. The lowest BCUT2D eigenvalue weighted by Crippen LogP contribution is -2.31. The summed E-state index contributed by atoms with van der Waals surface area (Å²) >= 11 is 4.85. The molecule has 0 aromatic heterocycles. The zero-order valence-corrected chi connectivity index (χ0v) is 6.46. The molecule has 0 aromatic carbocycles. The van der Waals surface area contributed by atoms with E-state index >= 15 is 0 Å². The minimum Gasteiger partial charge on any atom is -0.280 e. The minimum absolute atomic E-state index is 0.168. The highest BCUT2D eigenvalue weighted by molar-refractivity contribution is 6.65. The first-order valence-corrected chi connectivity index (χ1v) is 3.47. The van der Waals surface area contributed by atoms with E-state index in [-0.39, 0.29) is 6.42 Å². The molecule has 1 rings (SSSR count). The molecule has 0 heterocycles. The zero-order valence-electron chi connectivity index (χ0n) is 5.70. The van der Waals surface area contributed by atoms with Crippen molar-refractivity contribution < 1.29 is 18.0 Å². The highest BCUT2D eigenvalue weighted by atomic mass is 35.5. The average Bonchev–Trinajstić information content (AvgIpc) is 2.39. The Hall–Kier alpha value is -0.250. The van der Waals surface area contributed by atoms with Gasteiger partial charge in [-0.1, -0.05) is 6.92 Å². The molecule has 0 bridgehead atoms. The second-order valence-electron chi connectivity index (χ2n) is 2.85. The monoisotopic (exact) mass is 186 g/mol. The second kappa shape index (κ2) is 2.12. The molecule has 2 atom stereocenters. The van der Waals surface area contributed by atoms with Crippen LogP contribution in [0.3, 0.4) is 0 Å². The molecule has 0 spiro atoms. The number of halogens is 4. The van der Waals surface area contributed by atoms with Gasteiger partial charge in [-0.15, -0.1) is 0 Å². The molecule has 0 N–H and O–H groups in total. The van der Waals surface area contributed by atoms with E-state index < -0.39 is 22.8 Å². The largest absolute Gasteiger partial charge is 0.402 e. The van der Waals surface area contributed by atoms with Gasteiger partial charge in [-0.05, 0) is 23.9 Å².